The Hall–Kier alpha value is -2.08. The minimum atomic E-state index is -0.320. The largest absolute Gasteiger partial charge is 0.325 e. The molecule has 1 aliphatic rings. The van der Waals surface area contributed by atoms with Crippen LogP contribution in [0.3, 0.4) is 0 Å². The van der Waals surface area contributed by atoms with Crippen LogP contribution in [0.5, 0.6) is 0 Å². The third-order valence-electron chi connectivity index (χ3n) is 2.25. The maximum absolute atomic E-state index is 12.9. The van der Waals surface area contributed by atoms with Crippen molar-refractivity contribution in [1.82, 2.24) is 0 Å². The fraction of sp³-hybridized carbons (Fsp3) is 0.182. The van der Waals surface area contributed by atoms with Crippen molar-refractivity contribution in [1.29, 1.82) is 0 Å². The van der Waals surface area contributed by atoms with Crippen LogP contribution in [0.25, 0.3) is 0 Å². The summed E-state index contributed by atoms with van der Waals surface area (Å²) in [5.74, 6) is -0.320. The molecule has 1 aromatic rings. The van der Waals surface area contributed by atoms with E-state index in [0.717, 1.165) is 0 Å². The van der Waals surface area contributed by atoms with Gasteiger partial charge in [0, 0.05) is 6.54 Å². The van der Waals surface area contributed by atoms with E-state index < -0.39 is 0 Å². The van der Waals surface area contributed by atoms with Gasteiger partial charge in [-0.25, -0.2) is 4.39 Å². The number of nitrogens with zero attached hydrogens (tertiary/aromatic N) is 3. The molecule has 0 aromatic heterocycles. The summed E-state index contributed by atoms with van der Waals surface area (Å²) >= 11 is 0. The zero-order chi connectivity index (χ0) is 12.3. The van der Waals surface area contributed by atoms with Gasteiger partial charge in [-0.05, 0) is 25.1 Å². The Bertz CT molecular complexity index is 518. The van der Waals surface area contributed by atoms with Gasteiger partial charge in [0.15, 0.2) is 0 Å². The van der Waals surface area contributed by atoms with Crippen LogP contribution in [-0.4, -0.2) is 23.7 Å². The number of hydrogen-bond donors (Lipinski definition) is 2. The third kappa shape index (κ3) is 2.54. The minimum Gasteiger partial charge on any atom is -0.325 e. The lowest BCUT2D eigenvalue weighted by molar-refractivity contribution is 0.628. The van der Waals surface area contributed by atoms with Crippen LogP contribution in [0.15, 0.2) is 39.6 Å². The lowest BCUT2D eigenvalue weighted by atomic mass is 10.2. The molecule has 17 heavy (non-hydrogen) atoms. The molecule has 0 spiro atoms. The first kappa shape index (κ1) is 11.4. The molecule has 0 aliphatic carbocycles. The van der Waals surface area contributed by atoms with Crippen molar-refractivity contribution in [3.05, 3.63) is 30.1 Å². The van der Waals surface area contributed by atoms with Crippen molar-refractivity contribution in [2.24, 2.45) is 21.0 Å². The topological polar surface area (TPSA) is 75.1 Å². The number of halogens is 1. The van der Waals surface area contributed by atoms with Crippen molar-refractivity contribution >= 4 is 22.8 Å². The Morgan fingerprint density at radius 1 is 1.41 bits per heavy atom. The molecule has 5 nitrogen and oxygen atoms in total. The maximum atomic E-state index is 12.9. The summed E-state index contributed by atoms with van der Waals surface area (Å²) in [6.07, 6.45) is 0. The van der Waals surface area contributed by atoms with Crippen LogP contribution in [0.1, 0.15) is 6.92 Å². The number of nitrogens with one attached hydrogen (secondary N) is 1. The number of nitrogens with two attached hydrogens (primary N) is 1. The second-order valence-corrected chi connectivity index (χ2v) is 3.52. The van der Waals surface area contributed by atoms with E-state index >= 15 is 0 Å². The zero-order valence-electron chi connectivity index (χ0n) is 9.31. The molecule has 0 amide bonds. The van der Waals surface area contributed by atoms with Gasteiger partial charge in [0.05, 0.1) is 11.4 Å². The van der Waals surface area contributed by atoms with E-state index in [0.29, 0.717) is 22.8 Å². The Kier molecular flexibility index (Phi) is 3.24. The van der Waals surface area contributed by atoms with Crippen LogP contribution >= 0.6 is 0 Å². The van der Waals surface area contributed by atoms with Crippen LogP contribution in [0.2, 0.25) is 0 Å². The Morgan fingerprint density at radius 2 is 2.24 bits per heavy atom. The molecule has 0 unspecified atom stereocenters. The van der Waals surface area contributed by atoms with Crippen molar-refractivity contribution < 1.29 is 4.39 Å². The van der Waals surface area contributed by atoms with Crippen LogP contribution < -0.4 is 11.2 Å². The van der Waals surface area contributed by atoms with Crippen LogP contribution in [0, 0.1) is 5.82 Å². The molecule has 0 fully saturated rings. The summed E-state index contributed by atoms with van der Waals surface area (Å²) in [7, 11) is 0. The highest BCUT2D eigenvalue weighted by molar-refractivity contribution is 6.70. The normalized spacial score (nSPS) is 17.0. The molecule has 1 aliphatic heterocycles. The first-order valence-corrected chi connectivity index (χ1v) is 5.12. The van der Waals surface area contributed by atoms with Gasteiger partial charge in [-0.2, -0.15) is 15.3 Å². The highest BCUT2D eigenvalue weighted by atomic mass is 19.1. The van der Waals surface area contributed by atoms with Crippen LogP contribution in [0.4, 0.5) is 10.1 Å². The molecule has 2 rings (SSSR count). The number of hydrazone groups is 1. The Balaban J connectivity index is 2.16. The molecule has 6 heteroatoms. The van der Waals surface area contributed by atoms with Crippen LogP contribution in [-0.2, 0) is 0 Å². The molecular formula is C11H12FN5. The number of benzene rings is 1. The lowest BCUT2D eigenvalue weighted by Gasteiger charge is -2.03. The molecule has 0 radical (unpaired) electrons. The predicted molar refractivity (Wildman–Crippen MR) is 67.1 cm³/mol. The minimum absolute atomic E-state index is 0.268. The van der Waals surface area contributed by atoms with Crippen molar-refractivity contribution in [3.63, 3.8) is 0 Å². The SMILES string of the molecule is CC1=NN=C(CN)C1=NNc1cccc(F)c1. The molecule has 0 bridgehead atoms. The van der Waals surface area contributed by atoms with E-state index in [1.165, 1.54) is 12.1 Å². The second kappa shape index (κ2) is 4.84. The average Bonchev–Trinajstić information content (AvgIpc) is 2.67. The highest BCUT2D eigenvalue weighted by Crippen LogP contribution is 2.09. The fourth-order valence-corrected chi connectivity index (χ4v) is 1.40. The molecule has 0 atom stereocenters. The standard InChI is InChI=1S/C11H12FN5/c1-7-11(10(6-13)16-14-7)17-15-9-4-2-3-8(12)5-9/h2-5,15H,6,13H2,1H3. The lowest BCUT2D eigenvalue weighted by Crippen LogP contribution is -2.26. The van der Waals surface area contributed by atoms with Gasteiger partial charge < -0.3 is 5.73 Å². The van der Waals surface area contributed by atoms with E-state index in [9.17, 15) is 4.39 Å². The monoisotopic (exact) mass is 233 g/mol. The molecule has 88 valence electrons. The van der Waals surface area contributed by atoms with E-state index in [1.54, 1.807) is 19.1 Å². The summed E-state index contributed by atoms with van der Waals surface area (Å²) < 4.78 is 12.9. The van der Waals surface area contributed by atoms with E-state index in [4.69, 9.17) is 5.73 Å². The molecule has 3 N–H and O–H groups in total. The van der Waals surface area contributed by atoms with Gasteiger partial charge in [0.25, 0.3) is 0 Å². The first-order chi connectivity index (χ1) is 8.20. The summed E-state index contributed by atoms with van der Waals surface area (Å²) in [6.45, 7) is 2.06. The Labute approximate surface area is 97.9 Å². The number of anilines is 1. The summed E-state index contributed by atoms with van der Waals surface area (Å²) in [5.41, 5.74) is 10.7. The maximum Gasteiger partial charge on any atom is 0.131 e. The average molecular weight is 233 g/mol. The van der Waals surface area contributed by atoms with Gasteiger partial charge in [-0.3, -0.25) is 5.43 Å². The van der Waals surface area contributed by atoms with Gasteiger partial charge >= 0.3 is 0 Å². The van der Waals surface area contributed by atoms with Gasteiger partial charge in [-0.1, -0.05) is 6.07 Å². The van der Waals surface area contributed by atoms with Crippen molar-refractivity contribution in [2.75, 3.05) is 12.0 Å². The fourth-order valence-electron chi connectivity index (χ4n) is 1.40. The number of hydrogen-bond acceptors (Lipinski definition) is 5. The smallest absolute Gasteiger partial charge is 0.131 e. The molecule has 1 heterocycles. The molecule has 0 saturated heterocycles. The number of rotatable bonds is 3. The molecule has 1 aromatic carbocycles. The second-order valence-electron chi connectivity index (χ2n) is 3.52. The molecule has 0 saturated carbocycles. The third-order valence-corrected chi connectivity index (χ3v) is 2.25. The quantitative estimate of drug-likeness (QED) is 0.774. The van der Waals surface area contributed by atoms with E-state index in [1.807, 2.05) is 0 Å². The van der Waals surface area contributed by atoms with E-state index in [-0.39, 0.29) is 12.4 Å². The van der Waals surface area contributed by atoms with Gasteiger partial charge in [0.2, 0.25) is 0 Å². The Morgan fingerprint density at radius 3 is 2.94 bits per heavy atom. The van der Waals surface area contributed by atoms with E-state index in [2.05, 4.69) is 20.7 Å². The van der Waals surface area contributed by atoms with Gasteiger partial charge in [-0.15, -0.1) is 0 Å². The van der Waals surface area contributed by atoms with Crippen molar-refractivity contribution in [2.45, 2.75) is 6.92 Å². The zero-order valence-corrected chi connectivity index (χ0v) is 9.31. The van der Waals surface area contributed by atoms with Gasteiger partial charge in [0.1, 0.15) is 17.2 Å². The highest BCUT2D eigenvalue weighted by Gasteiger charge is 2.16. The predicted octanol–water partition coefficient (Wildman–Crippen LogP) is 1.38. The first-order valence-electron chi connectivity index (χ1n) is 5.12. The summed E-state index contributed by atoms with van der Waals surface area (Å²) in [6, 6.07) is 6.04. The summed E-state index contributed by atoms with van der Waals surface area (Å²) in [4.78, 5) is 0. The van der Waals surface area contributed by atoms with Crippen molar-refractivity contribution in [3.8, 4) is 0 Å². The summed E-state index contributed by atoms with van der Waals surface area (Å²) in [5, 5.41) is 11.9. The molecular weight excluding hydrogens is 221 g/mol.